The van der Waals surface area contributed by atoms with Gasteiger partial charge in [0.25, 0.3) is 5.56 Å². The maximum absolute atomic E-state index is 12.3. The Morgan fingerprint density at radius 1 is 1.28 bits per heavy atom. The second kappa shape index (κ2) is 7.25. The largest absolute Gasteiger partial charge is 0.350 e. The molecule has 1 N–H and O–H groups in total. The molecule has 1 atom stereocenters. The molecule has 0 bridgehead atoms. The molecule has 1 aliphatic heterocycles. The number of rotatable bonds is 5. The zero-order chi connectivity index (χ0) is 17.2. The van der Waals surface area contributed by atoms with Gasteiger partial charge in [0.1, 0.15) is 0 Å². The highest BCUT2D eigenvalue weighted by atomic mass is 32.1. The highest BCUT2D eigenvalue weighted by Gasteiger charge is 2.24. The molecular formula is C18H25N5OS. The summed E-state index contributed by atoms with van der Waals surface area (Å²) in [5.74, 6) is 1.28. The van der Waals surface area contributed by atoms with E-state index in [1.807, 2.05) is 17.5 Å². The van der Waals surface area contributed by atoms with Crippen molar-refractivity contribution in [1.82, 2.24) is 19.9 Å². The van der Waals surface area contributed by atoms with Crippen molar-refractivity contribution in [2.75, 3.05) is 18.0 Å². The summed E-state index contributed by atoms with van der Waals surface area (Å²) >= 11 is 1.85. The van der Waals surface area contributed by atoms with Crippen molar-refractivity contribution >= 4 is 17.2 Å². The van der Waals surface area contributed by atoms with Crippen LogP contribution >= 0.6 is 11.3 Å². The lowest BCUT2D eigenvalue weighted by Gasteiger charge is -2.33. The summed E-state index contributed by atoms with van der Waals surface area (Å²) in [5, 5.41) is 4.96. The van der Waals surface area contributed by atoms with Crippen LogP contribution in [0.5, 0.6) is 0 Å². The Bertz CT molecular complexity index is 782. The third-order valence-corrected chi connectivity index (χ3v) is 6.47. The molecule has 2 aliphatic rings. The molecule has 1 aliphatic carbocycles. The van der Waals surface area contributed by atoms with Gasteiger partial charge in [0.05, 0.1) is 5.01 Å². The summed E-state index contributed by atoms with van der Waals surface area (Å²) in [6, 6.07) is 0.384. The minimum atomic E-state index is -0.0178. The molecule has 4 rings (SSSR count). The molecule has 1 saturated heterocycles. The number of thiazole rings is 1. The van der Waals surface area contributed by atoms with E-state index in [1.54, 1.807) is 24.0 Å². The van der Waals surface area contributed by atoms with Crippen LogP contribution in [0.4, 0.5) is 5.82 Å². The van der Waals surface area contributed by atoms with Crippen molar-refractivity contribution in [3.05, 3.63) is 38.8 Å². The summed E-state index contributed by atoms with van der Waals surface area (Å²) in [7, 11) is 1.77. The van der Waals surface area contributed by atoms with Gasteiger partial charge in [0.2, 0.25) is 0 Å². The minimum Gasteiger partial charge on any atom is -0.350 e. The second-order valence-electron chi connectivity index (χ2n) is 7.13. The Kier molecular flexibility index (Phi) is 4.85. The summed E-state index contributed by atoms with van der Waals surface area (Å²) in [6.07, 6.45) is 11.6. The van der Waals surface area contributed by atoms with Gasteiger partial charge in [-0.05, 0) is 25.7 Å². The zero-order valence-corrected chi connectivity index (χ0v) is 15.5. The molecule has 0 spiro atoms. The van der Waals surface area contributed by atoms with Gasteiger partial charge in [0.15, 0.2) is 5.82 Å². The van der Waals surface area contributed by atoms with E-state index in [1.165, 1.54) is 29.1 Å². The van der Waals surface area contributed by atoms with Crippen LogP contribution in [0.2, 0.25) is 0 Å². The van der Waals surface area contributed by atoms with E-state index in [2.05, 4.69) is 20.2 Å². The van der Waals surface area contributed by atoms with Crippen molar-refractivity contribution in [1.29, 1.82) is 0 Å². The molecular weight excluding hydrogens is 334 g/mol. The van der Waals surface area contributed by atoms with Gasteiger partial charge in [-0.1, -0.05) is 6.42 Å². The van der Waals surface area contributed by atoms with Crippen molar-refractivity contribution in [3.63, 3.8) is 0 Å². The number of hydrogen-bond donors (Lipinski definition) is 1. The zero-order valence-electron chi connectivity index (χ0n) is 14.6. The first-order chi connectivity index (χ1) is 12.2. The van der Waals surface area contributed by atoms with E-state index in [4.69, 9.17) is 0 Å². The van der Waals surface area contributed by atoms with E-state index < -0.39 is 0 Å². The molecule has 1 saturated carbocycles. The van der Waals surface area contributed by atoms with E-state index in [0.29, 0.717) is 17.8 Å². The predicted octanol–water partition coefficient (Wildman–Crippen LogP) is 2.26. The van der Waals surface area contributed by atoms with Gasteiger partial charge in [-0.15, -0.1) is 11.3 Å². The summed E-state index contributed by atoms with van der Waals surface area (Å²) < 4.78 is 1.60. The highest BCUT2D eigenvalue weighted by Crippen LogP contribution is 2.38. The van der Waals surface area contributed by atoms with Gasteiger partial charge in [-0.25, -0.2) is 9.97 Å². The number of piperidine rings is 1. The van der Waals surface area contributed by atoms with Crippen LogP contribution in [0, 0.1) is 0 Å². The topological polar surface area (TPSA) is 63.1 Å². The number of anilines is 1. The van der Waals surface area contributed by atoms with E-state index >= 15 is 0 Å². The van der Waals surface area contributed by atoms with Crippen LogP contribution in [0.25, 0.3) is 0 Å². The van der Waals surface area contributed by atoms with Crippen LogP contribution in [-0.2, 0) is 13.6 Å². The van der Waals surface area contributed by atoms with Gasteiger partial charge in [0, 0.05) is 62.1 Å². The molecule has 3 heterocycles. The smallest absolute Gasteiger partial charge is 0.293 e. The average Bonchev–Trinajstić information content (AvgIpc) is 3.02. The van der Waals surface area contributed by atoms with Gasteiger partial charge < -0.3 is 14.8 Å². The van der Waals surface area contributed by atoms with Crippen LogP contribution in [-0.4, -0.2) is 33.7 Å². The van der Waals surface area contributed by atoms with Gasteiger partial charge in [-0.2, -0.15) is 0 Å². The molecule has 134 valence electrons. The maximum Gasteiger partial charge on any atom is 0.293 e. The van der Waals surface area contributed by atoms with E-state index in [-0.39, 0.29) is 5.56 Å². The first kappa shape index (κ1) is 16.7. The molecule has 0 amide bonds. The molecule has 0 unspecified atom stereocenters. The molecule has 7 heteroatoms. The molecule has 2 aromatic rings. The van der Waals surface area contributed by atoms with Crippen molar-refractivity contribution in [3.8, 4) is 0 Å². The van der Waals surface area contributed by atoms with Crippen LogP contribution in [0.15, 0.2) is 23.4 Å². The highest BCUT2D eigenvalue weighted by molar-refractivity contribution is 7.11. The Morgan fingerprint density at radius 2 is 2.16 bits per heavy atom. The summed E-state index contributed by atoms with van der Waals surface area (Å²) in [4.78, 5) is 24.6. The Morgan fingerprint density at radius 3 is 2.96 bits per heavy atom. The first-order valence-corrected chi connectivity index (χ1v) is 9.97. The normalized spacial score (nSPS) is 21.3. The molecule has 0 aromatic carbocycles. The number of aryl methyl sites for hydroxylation is 1. The van der Waals surface area contributed by atoms with Crippen molar-refractivity contribution < 1.29 is 0 Å². The van der Waals surface area contributed by atoms with Gasteiger partial charge >= 0.3 is 0 Å². The Balaban J connectivity index is 1.36. The van der Waals surface area contributed by atoms with Gasteiger partial charge in [-0.3, -0.25) is 4.79 Å². The third-order valence-electron chi connectivity index (χ3n) is 5.31. The number of nitrogens with zero attached hydrogens (tertiary/aromatic N) is 4. The average molecular weight is 359 g/mol. The molecule has 2 fully saturated rings. The number of nitrogens with one attached hydrogen (secondary N) is 1. The number of hydrogen-bond acceptors (Lipinski definition) is 6. The standard InChI is InChI=1S/C18H25N5OS/c1-22-9-7-19-16(18(22)24)23-8-3-6-14(12-23)20-10-15-11-21-17(25-15)13-4-2-5-13/h7,9,11,13-14,20H,2-6,8,10,12H2,1H3/t14-/m0/s1. The molecule has 6 nitrogen and oxygen atoms in total. The summed E-state index contributed by atoms with van der Waals surface area (Å²) in [6.45, 7) is 2.60. The fourth-order valence-electron chi connectivity index (χ4n) is 3.53. The lowest BCUT2D eigenvalue weighted by Crippen LogP contribution is -2.47. The minimum absolute atomic E-state index is 0.0178. The lowest BCUT2D eigenvalue weighted by atomic mass is 9.86. The first-order valence-electron chi connectivity index (χ1n) is 9.15. The Hall–Kier alpha value is -1.73. The SMILES string of the molecule is Cn1ccnc(N2CCC[C@H](NCc3cnc(C4CCC4)s3)C2)c1=O. The number of aromatic nitrogens is 3. The van der Waals surface area contributed by atoms with Crippen molar-refractivity contribution in [2.45, 2.75) is 50.6 Å². The molecule has 25 heavy (non-hydrogen) atoms. The fraction of sp³-hybridized carbons (Fsp3) is 0.611. The van der Waals surface area contributed by atoms with Crippen molar-refractivity contribution in [2.24, 2.45) is 7.05 Å². The van der Waals surface area contributed by atoms with E-state index in [0.717, 1.165) is 32.5 Å². The maximum atomic E-state index is 12.3. The fourth-order valence-corrected chi connectivity index (χ4v) is 4.57. The quantitative estimate of drug-likeness (QED) is 0.887. The van der Waals surface area contributed by atoms with Crippen LogP contribution in [0.3, 0.4) is 0 Å². The molecule has 2 aromatic heterocycles. The Labute approximate surface area is 151 Å². The lowest BCUT2D eigenvalue weighted by molar-refractivity contribution is 0.418. The monoisotopic (exact) mass is 359 g/mol. The third kappa shape index (κ3) is 3.62. The van der Waals surface area contributed by atoms with Crippen LogP contribution in [0.1, 0.15) is 47.9 Å². The van der Waals surface area contributed by atoms with Crippen LogP contribution < -0.4 is 15.8 Å². The van der Waals surface area contributed by atoms with E-state index in [9.17, 15) is 4.79 Å². The second-order valence-corrected chi connectivity index (χ2v) is 8.27. The predicted molar refractivity (Wildman–Crippen MR) is 100 cm³/mol. The summed E-state index contributed by atoms with van der Waals surface area (Å²) in [5.41, 5.74) is -0.0178. The molecule has 0 radical (unpaired) electrons.